The summed E-state index contributed by atoms with van der Waals surface area (Å²) < 4.78 is 9.54. The van der Waals surface area contributed by atoms with Gasteiger partial charge in [0.1, 0.15) is 0 Å². The highest BCUT2D eigenvalue weighted by Gasteiger charge is 2.12. The molecule has 0 amide bonds. The maximum Gasteiger partial charge on any atom is 0.338 e. The van der Waals surface area contributed by atoms with Crippen molar-refractivity contribution in [1.82, 2.24) is 0 Å². The number of rotatable bonds is 6. The molecule has 104 valence electrons. The van der Waals surface area contributed by atoms with Crippen LogP contribution in [0.1, 0.15) is 34.8 Å². The van der Waals surface area contributed by atoms with Crippen LogP contribution < -0.4 is 0 Å². The minimum Gasteiger partial charge on any atom is -0.466 e. The Hall–Kier alpha value is -1.55. The number of alkyl halides is 1. The van der Waals surface area contributed by atoms with Crippen LogP contribution in [0.4, 0.5) is 0 Å². The van der Waals surface area contributed by atoms with E-state index in [1.807, 2.05) is 6.07 Å². The summed E-state index contributed by atoms with van der Waals surface area (Å²) in [5, 5.41) is 0. The van der Waals surface area contributed by atoms with Crippen LogP contribution in [-0.2, 0) is 26.6 Å². The van der Waals surface area contributed by atoms with Crippen molar-refractivity contribution in [2.75, 3.05) is 13.7 Å². The highest BCUT2D eigenvalue weighted by molar-refractivity contribution is 6.17. The number of methoxy groups -OCH3 is 1. The molecular formula is C14H17ClO4. The molecule has 1 rings (SSSR count). The van der Waals surface area contributed by atoms with Gasteiger partial charge in [-0.15, -0.1) is 11.6 Å². The minimum absolute atomic E-state index is 0.220. The second-order valence-corrected chi connectivity index (χ2v) is 4.19. The van der Waals surface area contributed by atoms with E-state index in [9.17, 15) is 9.59 Å². The van der Waals surface area contributed by atoms with Gasteiger partial charge in [0.15, 0.2) is 0 Å². The highest BCUT2D eigenvalue weighted by Crippen LogP contribution is 2.17. The second-order valence-electron chi connectivity index (χ2n) is 3.92. The molecule has 0 aromatic heterocycles. The van der Waals surface area contributed by atoms with E-state index in [-0.39, 0.29) is 11.8 Å². The van der Waals surface area contributed by atoms with Crippen LogP contribution in [-0.4, -0.2) is 25.7 Å². The fourth-order valence-electron chi connectivity index (χ4n) is 1.70. The van der Waals surface area contributed by atoms with E-state index < -0.39 is 5.97 Å². The summed E-state index contributed by atoms with van der Waals surface area (Å²) in [6, 6.07) is 5.28. The van der Waals surface area contributed by atoms with Gasteiger partial charge in [-0.05, 0) is 30.5 Å². The molecule has 0 heterocycles. The van der Waals surface area contributed by atoms with Gasteiger partial charge in [-0.2, -0.15) is 0 Å². The molecule has 0 N–H and O–H groups in total. The van der Waals surface area contributed by atoms with Crippen LogP contribution in [0.25, 0.3) is 0 Å². The van der Waals surface area contributed by atoms with Crippen molar-refractivity contribution in [3.05, 3.63) is 34.9 Å². The molecule has 0 bridgehead atoms. The van der Waals surface area contributed by atoms with Gasteiger partial charge in [0.05, 0.1) is 19.3 Å². The molecule has 0 saturated heterocycles. The summed E-state index contributed by atoms with van der Waals surface area (Å²) in [6.07, 6.45) is 0.872. The fourth-order valence-corrected chi connectivity index (χ4v) is 1.92. The van der Waals surface area contributed by atoms with Gasteiger partial charge >= 0.3 is 11.9 Å². The van der Waals surface area contributed by atoms with Crippen LogP contribution in [0.2, 0.25) is 0 Å². The number of halogens is 1. The molecule has 0 fully saturated rings. The molecule has 4 nitrogen and oxygen atoms in total. The van der Waals surface area contributed by atoms with Crippen LogP contribution in [0.5, 0.6) is 0 Å². The summed E-state index contributed by atoms with van der Waals surface area (Å²) in [6.45, 7) is 2.15. The van der Waals surface area contributed by atoms with E-state index in [1.54, 1.807) is 19.1 Å². The zero-order valence-corrected chi connectivity index (χ0v) is 11.8. The molecule has 0 aliphatic rings. The summed E-state index contributed by atoms with van der Waals surface area (Å²) in [5.41, 5.74) is 2.10. The molecule has 1 aromatic carbocycles. The third kappa shape index (κ3) is 4.56. The Balaban J connectivity index is 2.77. The van der Waals surface area contributed by atoms with Crippen LogP contribution in [0.3, 0.4) is 0 Å². The van der Waals surface area contributed by atoms with Crippen LogP contribution >= 0.6 is 11.6 Å². The van der Waals surface area contributed by atoms with Crippen molar-refractivity contribution in [2.24, 2.45) is 0 Å². The number of aryl methyl sites for hydroxylation is 1. The number of esters is 2. The quantitative estimate of drug-likeness (QED) is 0.595. The Labute approximate surface area is 117 Å². The molecule has 0 saturated carbocycles. The SMILES string of the molecule is CCOC(=O)CCc1ccc(C(=O)OC)c(CCl)c1. The number of carbonyl (C=O) groups is 2. The standard InChI is InChI=1S/C14H17ClO4/c1-3-19-13(16)7-5-10-4-6-12(14(17)18-2)11(8-10)9-15/h4,6,8H,3,5,7,9H2,1-2H3. The van der Waals surface area contributed by atoms with E-state index in [0.717, 1.165) is 5.56 Å². The predicted molar refractivity (Wildman–Crippen MR) is 72.3 cm³/mol. The lowest BCUT2D eigenvalue weighted by molar-refractivity contribution is -0.143. The van der Waals surface area contributed by atoms with Crippen molar-refractivity contribution >= 4 is 23.5 Å². The largest absolute Gasteiger partial charge is 0.466 e. The monoisotopic (exact) mass is 284 g/mol. The van der Waals surface area contributed by atoms with E-state index >= 15 is 0 Å². The molecule has 1 aromatic rings. The van der Waals surface area contributed by atoms with Crippen molar-refractivity contribution < 1.29 is 19.1 Å². The van der Waals surface area contributed by atoms with Crippen molar-refractivity contribution in [2.45, 2.75) is 25.6 Å². The zero-order chi connectivity index (χ0) is 14.3. The maximum atomic E-state index is 11.5. The third-order valence-electron chi connectivity index (χ3n) is 2.64. The summed E-state index contributed by atoms with van der Waals surface area (Å²) in [5.74, 6) is -0.419. The first-order chi connectivity index (χ1) is 9.12. The summed E-state index contributed by atoms with van der Waals surface area (Å²) >= 11 is 5.82. The van der Waals surface area contributed by atoms with Crippen molar-refractivity contribution in [1.29, 1.82) is 0 Å². The second kappa shape index (κ2) is 7.79. The van der Waals surface area contributed by atoms with E-state index in [0.29, 0.717) is 30.6 Å². The minimum atomic E-state index is -0.410. The van der Waals surface area contributed by atoms with Gasteiger partial charge in [0.25, 0.3) is 0 Å². The van der Waals surface area contributed by atoms with Crippen molar-refractivity contribution in [3.63, 3.8) is 0 Å². The number of benzene rings is 1. The van der Waals surface area contributed by atoms with E-state index in [4.69, 9.17) is 16.3 Å². The molecule has 0 aliphatic carbocycles. The average Bonchev–Trinajstić information content (AvgIpc) is 2.44. The lowest BCUT2D eigenvalue weighted by atomic mass is 10.0. The zero-order valence-electron chi connectivity index (χ0n) is 11.1. The average molecular weight is 285 g/mol. The Kier molecular flexibility index (Phi) is 6.36. The molecule has 0 unspecified atom stereocenters. The Morgan fingerprint density at radius 1 is 1.32 bits per heavy atom. The third-order valence-corrected chi connectivity index (χ3v) is 2.93. The van der Waals surface area contributed by atoms with Gasteiger partial charge in [0.2, 0.25) is 0 Å². The topological polar surface area (TPSA) is 52.6 Å². The van der Waals surface area contributed by atoms with Gasteiger partial charge in [-0.25, -0.2) is 4.79 Å². The van der Waals surface area contributed by atoms with Gasteiger partial charge < -0.3 is 9.47 Å². The van der Waals surface area contributed by atoms with Gasteiger partial charge in [-0.1, -0.05) is 12.1 Å². The van der Waals surface area contributed by atoms with Crippen molar-refractivity contribution in [3.8, 4) is 0 Å². The molecule has 0 radical (unpaired) electrons. The normalized spacial score (nSPS) is 10.1. The smallest absolute Gasteiger partial charge is 0.338 e. The van der Waals surface area contributed by atoms with Crippen LogP contribution in [0.15, 0.2) is 18.2 Å². The number of hydrogen-bond donors (Lipinski definition) is 0. The lowest BCUT2D eigenvalue weighted by Crippen LogP contribution is -2.07. The summed E-state index contributed by atoms with van der Waals surface area (Å²) in [7, 11) is 1.33. The molecule has 0 aliphatic heterocycles. The Bertz CT molecular complexity index is 457. The number of carbonyl (C=O) groups excluding carboxylic acids is 2. The first-order valence-electron chi connectivity index (χ1n) is 6.04. The number of hydrogen-bond acceptors (Lipinski definition) is 4. The molecular weight excluding hydrogens is 268 g/mol. The summed E-state index contributed by atoms with van der Waals surface area (Å²) in [4.78, 5) is 22.8. The lowest BCUT2D eigenvalue weighted by Gasteiger charge is -2.08. The molecule has 0 spiro atoms. The Morgan fingerprint density at radius 3 is 2.63 bits per heavy atom. The number of ether oxygens (including phenoxy) is 2. The predicted octanol–water partition coefficient (Wildman–Crippen LogP) is 2.71. The molecule has 0 atom stereocenters. The molecule has 19 heavy (non-hydrogen) atoms. The first-order valence-corrected chi connectivity index (χ1v) is 6.57. The van der Waals surface area contributed by atoms with E-state index in [2.05, 4.69) is 4.74 Å². The Morgan fingerprint density at radius 2 is 2.05 bits per heavy atom. The maximum absolute atomic E-state index is 11.5. The van der Waals surface area contributed by atoms with Crippen LogP contribution in [0, 0.1) is 0 Å². The van der Waals surface area contributed by atoms with E-state index in [1.165, 1.54) is 7.11 Å². The highest BCUT2D eigenvalue weighted by atomic mass is 35.5. The van der Waals surface area contributed by atoms with Gasteiger partial charge in [-0.3, -0.25) is 4.79 Å². The fraction of sp³-hybridized carbons (Fsp3) is 0.429. The molecule has 5 heteroatoms. The first kappa shape index (κ1) is 15.5. The van der Waals surface area contributed by atoms with Gasteiger partial charge in [0, 0.05) is 12.3 Å².